The van der Waals surface area contributed by atoms with E-state index in [1.54, 1.807) is 24.3 Å². The van der Waals surface area contributed by atoms with E-state index >= 15 is 0 Å². The zero-order valence-electron chi connectivity index (χ0n) is 23.6. The minimum absolute atomic E-state index is 0.0406. The number of imidazole rings is 1. The van der Waals surface area contributed by atoms with Crippen molar-refractivity contribution in [1.29, 1.82) is 0 Å². The predicted octanol–water partition coefficient (Wildman–Crippen LogP) is 3.24. The van der Waals surface area contributed by atoms with Crippen LogP contribution in [-0.2, 0) is 30.2 Å². The summed E-state index contributed by atoms with van der Waals surface area (Å²) >= 11 is 12.5. The highest BCUT2D eigenvalue weighted by Crippen LogP contribution is 2.34. The molecule has 1 fully saturated rings. The van der Waals surface area contributed by atoms with Gasteiger partial charge in [0.05, 0.1) is 13.7 Å². The first-order chi connectivity index (χ1) is 20.9. The number of amides is 4. The van der Waals surface area contributed by atoms with Gasteiger partial charge in [-0.3, -0.25) is 38.3 Å². The number of aromatic nitrogens is 4. The van der Waals surface area contributed by atoms with Crippen LogP contribution in [-0.4, -0.2) is 55.1 Å². The molecule has 4 amide bonds. The van der Waals surface area contributed by atoms with Gasteiger partial charge >= 0.3 is 17.7 Å². The summed E-state index contributed by atoms with van der Waals surface area (Å²) < 4.78 is 15.3. The molecule has 1 saturated heterocycles. The minimum Gasteiger partial charge on any atom is -0.493 e. The lowest BCUT2D eigenvalue weighted by Gasteiger charge is -2.25. The topological polar surface area (TPSA) is 147 Å². The van der Waals surface area contributed by atoms with Crippen molar-refractivity contribution in [2.24, 2.45) is 14.1 Å². The van der Waals surface area contributed by atoms with Crippen LogP contribution in [0.15, 0.2) is 64.2 Å². The number of halogens is 2. The third-order valence-corrected chi connectivity index (χ3v) is 7.44. The van der Waals surface area contributed by atoms with E-state index in [4.69, 9.17) is 32.7 Å². The first-order valence-corrected chi connectivity index (χ1v) is 13.7. The summed E-state index contributed by atoms with van der Waals surface area (Å²) in [5, 5.41) is 2.90. The number of nitrogens with one attached hydrogen (secondary N) is 1. The quantitative estimate of drug-likeness (QED) is 0.176. The number of hydrogen-bond donors (Lipinski definition) is 1. The summed E-state index contributed by atoms with van der Waals surface area (Å²) in [5.41, 5.74) is -0.268. The highest BCUT2D eigenvalue weighted by Gasteiger charge is 2.35. The smallest absolute Gasteiger partial charge is 0.332 e. The molecular formula is C29H24Cl2N6O7. The van der Waals surface area contributed by atoms with Gasteiger partial charge in [-0.2, -0.15) is 4.98 Å². The maximum absolute atomic E-state index is 13.3. The van der Waals surface area contributed by atoms with Gasteiger partial charge in [-0.05, 0) is 41.5 Å². The van der Waals surface area contributed by atoms with Crippen molar-refractivity contribution >= 4 is 58.3 Å². The van der Waals surface area contributed by atoms with Crippen LogP contribution in [0.25, 0.3) is 17.2 Å². The maximum atomic E-state index is 13.3. The third-order valence-electron chi connectivity index (χ3n) is 6.85. The lowest BCUT2D eigenvalue weighted by molar-refractivity contribution is -0.129. The van der Waals surface area contributed by atoms with Gasteiger partial charge in [-0.1, -0.05) is 41.4 Å². The number of imide groups is 2. The Morgan fingerprint density at radius 2 is 1.75 bits per heavy atom. The monoisotopic (exact) mass is 638 g/mol. The van der Waals surface area contributed by atoms with Crippen molar-refractivity contribution in [2.75, 3.05) is 13.7 Å². The minimum atomic E-state index is -0.846. The molecule has 0 bridgehead atoms. The molecule has 15 heteroatoms. The Kier molecular flexibility index (Phi) is 8.17. The Hall–Kier alpha value is -5.14. The second-order valence-corrected chi connectivity index (χ2v) is 10.5. The zero-order chi connectivity index (χ0) is 31.9. The lowest BCUT2D eigenvalue weighted by Crippen LogP contribution is -2.54. The van der Waals surface area contributed by atoms with Crippen molar-refractivity contribution in [1.82, 2.24) is 28.9 Å². The number of urea groups is 1. The van der Waals surface area contributed by atoms with Crippen molar-refractivity contribution in [3.8, 4) is 17.5 Å². The van der Waals surface area contributed by atoms with Crippen LogP contribution in [0.4, 0.5) is 4.79 Å². The molecule has 44 heavy (non-hydrogen) atoms. The third kappa shape index (κ3) is 5.38. The number of aryl methyl sites for hydroxylation is 1. The Balaban J connectivity index is 1.59. The van der Waals surface area contributed by atoms with Crippen LogP contribution >= 0.6 is 23.2 Å². The average Bonchev–Trinajstić information content (AvgIpc) is 3.34. The molecule has 0 saturated carbocycles. The van der Waals surface area contributed by atoms with Crippen LogP contribution in [0.1, 0.15) is 11.1 Å². The highest BCUT2D eigenvalue weighted by molar-refractivity contribution is 6.35. The van der Waals surface area contributed by atoms with Gasteiger partial charge < -0.3 is 9.47 Å². The van der Waals surface area contributed by atoms with Crippen LogP contribution in [0, 0.1) is 0 Å². The average molecular weight is 639 g/mol. The molecule has 226 valence electrons. The molecule has 4 aromatic rings. The van der Waals surface area contributed by atoms with Gasteiger partial charge in [-0.25, -0.2) is 9.59 Å². The summed E-state index contributed by atoms with van der Waals surface area (Å²) in [6, 6.07) is 8.60. The summed E-state index contributed by atoms with van der Waals surface area (Å²) in [4.78, 5) is 68.5. The SMILES string of the molecule is C=CCN1C(=O)NC(=O)/C(=C\c2ccc(Oc3nc4c(c(=O)n(C)c(=O)n4C)n3Cc3ccc(Cl)cc3Cl)c(OC)c2)C1=O. The molecule has 0 radical (unpaired) electrons. The number of benzene rings is 2. The number of methoxy groups -OCH3 is 1. The summed E-state index contributed by atoms with van der Waals surface area (Å²) in [5.74, 6) is -1.27. The van der Waals surface area contributed by atoms with E-state index in [2.05, 4.69) is 16.9 Å². The standard InChI is InChI=1S/C29H24Cl2N6O7/c1-5-10-36-25(39)18(24(38)33-27(36)41)11-15-6-9-20(21(12-15)43-4)44-28-32-23-22(26(40)35(3)29(42)34(23)2)37(28)14-16-7-8-17(30)13-19(16)31/h5-9,11-13H,1,10,14H2,2-4H3,(H,33,38,41)/b18-11+. The zero-order valence-corrected chi connectivity index (χ0v) is 25.1. The fourth-order valence-electron chi connectivity index (χ4n) is 4.58. The van der Waals surface area contributed by atoms with E-state index in [9.17, 15) is 24.0 Å². The number of nitrogens with zero attached hydrogens (tertiary/aromatic N) is 5. The molecule has 1 aliphatic rings. The molecule has 0 atom stereocenters. The number of carbonyl (C=O) groups is 3. The Bertz CT molecular complexity index is 2040. The molecule has 2 aromatic heterocycles. The molecule has 5 rings (SSSR count). The lowest BCUT2D eigenvalue weighted by atomic mass is 10.1. The van der Waals surface area contributed by atoms with E-state index < -0.39 is 29.1 Å². The van der Waals surface area contributed by atoms with Crippen molar-refractivity contribution in [3.05, 3.63) is 96.6 Å². The van der Waals surface area contributed by atoms with Crippen molar-refractivity contribution in [3.63, 3.8) is 0 Å². The molecule has 0 unspecified atom stereocenters. The van der Waals surface area contributed by atoms with Crippen molar-refractivity contribution in [2.45, 2.75) is 6.54 Å². The molecule has 2 aromatic carbocycles. The molecule has 1 aliphatic heterocycles. The number of rotatable bonds is 8. The molecule has 1 N–H and O–H groups in total. The Morgan fingerprint density at radius 1 is 1.00 bits per heavy atom. The first kappa shape index (κ1) is 30.3. The largest absolute Gasteiger partial charge is 0.493 e. The highest BCUT2D eigenvalue weighted by atomic mass is 35.5. The fraction of sp³-hybridized carbons (Fsp3) is 0.172. The first-order valence-electron chi connectivity index (χ1n) is 12.9. The number of ether oxygens (including phenoxy) is 2. The second-order valence-electron chi connectivity index (χ2n) is 9.63. The predicted molar refractivity (Wildman–Crippen MR) is 162 cm³/mol. The van der Waals surface area contributed by atoms with E-state index in [1.807, 2.05) is 0 Å². The Morgan fingerprint density at radius 3 is 2.43 bits per heavy atom. The number of barbiturate groups is 1. The Labute approximate surface area is 259 Å². The van der Waals surface area contributed by atoms with Crippen LogP contribution in [0.5, 0.6) is 17.5 Å². The summed E-state index contributed by atoms with van der Waals surface area (Å²) in [6.45, 7) is 3.48. The van der Waals surface area contributed by atoms with Gasteiger partial charge in [0.1, 0.15) is 5.57 Å². The van der Waals surface area contributed by atoms with E-state index in [1.165, 1.54) is 54.6 Å². The fourth-order valence-corrected chi connectivity index (χ4v) is 5.05. The summed E-state index contributed by atoms with van der Waals surface area (Å²) in [7, 11) is 4.23. The van der Waals surface area contributed by atoms with Gasteiger partial charge in [0.25, 0.3) is 17.4 Å². The van der Waals surface area contributed by atoms with E-state index in [0.29, 0.717) is 21.2 Å². The normalized spacial score (nSPS) is 14.3. The van der Waals surface area contributed by atoms with Crippen LogP contribution in [0.3, 0.4) is 0 Å². The van der Waals surface area contributed by atoms with Gasteiger partial charge in [0.15, 0.2) is 22.7 Å². The number of fused-ring (bicyclic) bond motifs is 1. The molecule has 0 spiro atoms. The maximum Gasteiger partial charge on any atom is 0.332 e. The van der Waals surface area contributed by atoms with Gasteiger partial charge in [0.2, 0.25) is 0 Å². The van der Waals surface area contributed by atoms with Gasteiger partial charge in [-0.15, -0.1) is 6.58 Å². The molecule has 13 nitrogen and oxygen atoms in total. The molecule has 3 heterocycles. The van der Waals surface area contributed by atoms with Crippen molar-refractivity contribution < 1.29 is 23.9 Å². The van der Waals surface area contributed by atoms with Crippen LogP contribution in [0.2, 0.25) is 10.0 Å². The molecule has 0 aliphatic carbocycles. The van der Waals surface area contributed by atoms with Crippen LogP contribution < -0.4 is 26.0 Å². The number of hydrogen-bond acceptors (Lipinski definition) is 8. The summed E-state index contributed by atoms with van der Waals surface area (Å²) in [6.07, 6.45) is 2.67. The van der Waals surface area contributed by atoms with Gasteiger partial charge in [0, 0.05) is 30.7 Å². The molecular weight excluding hydrogens is 615 g/mol. The number of carbonyl (C=O) groups excluding carboxylic acids is 3. The van der Waals surface area contributed by atoms with E-state index in [0.717, 1.165) is 9.47 Å². The van der Waals surface area contributed by atoms with E-state index in [-0.39, 0.29) is 47.3 Å². The second kappa shape index (κ2) is 11.9.